The van der Waals surface area contributed by atoms with Crippen LogP contribution in [0.25, 0.3) is 0 Å². The van der Waals surface area contributed by atoms with E-state index in [1.165, 1.54) is 38.5 Å². The van der Waals surface area contributed by atoms with Crippen molar-refractivity contribution in [3.8, 4) is 0 Å². The second-order valence-electron chi connectivity index (χ2n) is 8.44. The number of carbonyl (C=O) groups excluding carboxylic acids is 1. The molecule has 4 saturated carbocycles. The lowest BCUT2D eigenvalue weighted by atomic mass is 9.49. The third-order valence-electron chi connectivity index (χ3n) is 6.47. The van der Waals surface area contributed by atoms with E-state index in [1.807, 2.05) is 17.4 Å². The molecule has 4 heteroatoms. The van der Waals surface area contributed by atoms with Gasteiger partial charge in [-0.25, -0.2) is 0 Å². The van der Waals surface area contributed by atoms with E-state index in [9.17, 15) is 4.79 Å². The number of rotatable bonds is 6. The van der Waals surface area contributed by atoms with Gasteiger partial charge in [0.2, 0.25) is 0 Å². The van der Waals surface area contributed by atoms with Gasteiger partial charge in [-0.15, -0.1) is 0 Å². The van der Waals surface area contributed by atoms with Gasteiger partial charge in [0.05, 0.1) is 6.26 Å². The zero-order valence-corrected chi connectivity index (χ0v) is 14.1. The maximum Gasteiger partial charge on any atom is 0.275 e. The van der Waals surface area contributed by atoms with Crippen molar-refractivity contribution in [3.05, 3.63) is 24.2 Å². The Labute approximate surface area is 138 Å². The molecule has 1 amide bonds. The van der Waals surface area contributed by atoms with Crippen LogP contribution < -0.4 is 10.6 Å². The van der Waals surface area contributed by atoms with Crippen LogP contribution in [-0.2, 0) is 4.79 Å². The molecule has 4 fully saturated rings. The molecule has 0 radical (unpaired) electrons. The monoisotopic (exact) mass is 317 g/mol. The zero-order valence-electron chi connectivity index (χ0n) is 14.1. The fourth-order valence-electron chi connectivity index (χ4n) is 5.82. The highest BCUT2D eigenvalue weighted by Crippen LogP contribution is 2.59. The molecule has 5 rings (SSSR count). The molecular weight excluding hydrogens is 288 g/mol. The summed E-state index contributed by atoms with van der Waals surface area (Å²) in [6, 6.07) is 4.05. The Balaban J connectivity index is 1.25. The zero-order chi connectivity index (χ0) is 15.9. The minimum Gasteiger partial charge on any atom is -0.463 e. The minimum absolute atomic E-state index is 0.166. The Hall–Kier alpha value is -1.29. The van der Waals surface area contributed by atoms with E-state index in [-0.39, 0.29) is 11.9 Å². The summed E-state index contributed by atoms with van der Waals surface area (Å²) >= 11 is 0. The highest BCUT2D eigenvalue weighted by Gasteiger charge is 2.50. The molecule has 4 bridgehead atoms. The van der Waals surface area contributed by atoms with Gasteiger partial charge in [0, 0.05) is 6.54 Å². The Bertz CT molecular complexity index is 516. The fraction of sp³-hybridized carbons (Fsp3) is 0.737. The van der Waals surface area contributed by atoms with E-state index in [0.717, 1.165) is 30.1 Å². The first-order chi connectivity index (χ1) is 11.1. The minimum atomic E-state index is 0.166. The molecule has 0 unspecified atom stereocenters. The molecule has 3 N–H and O–H groups in total. The average molecular weight is 317 g/mol. The maximum atomic E-state index is 12.2. The van der Waals surface area contributed by atoms with Crippen molar-refractivity contribution in [3.63, 3.8) is 0 Å². The Kier molecular flexibility index (Phi) is 3.96. The Morgan fingerprint density at radius 1 is 1.30 bits per heavy atom. The Morgan fingerprint density at radius 2 is 1.96 bits per heavy atom. The highest BCUT2D eigenvalue weighted by molar-refractivity contribution is 5.76. The van der Waals surface area contributed by atoms with Crippen LogP contribution in [0, 0.1) is 23.2 Å². The molecule has 0 spiro atoms. The SMILES string of the molecule is C[C@@H]([NH2+]CC(=O)NCC12CC3CC(CC(C3)C1)C2)c1ccco1. The summed E-state index contributed by atoms with van der Waals surface area (Å²) < 4.78 is 5.39. The quantitative estimate of drug-likeness (QED) is 0.845. The van der Waals surface area contributed by atoms with Crippen LogP contribution in [0.4, 0.5) is 0 Å². The largest absolute Gasteiger partial charge is 0.463 e. The number of furan rings is 1. The normalized spacial score (nSPS) is 36.1. The highest BCUT2D eigenvalue weighted by atomic mass is 16.3. The predicted molar refractivity (Wildman–Crippen MR) is 87.5 cm³/mol. The van der Waals surface area contributed by atoms with Gasteiger partial charge < -0.3 is 15.1 Å². The van der Waals surface area contributed by atoms with Crippen LogP contribution in [0.5, 0.6) is 0 Å². The van der Waals surface area contributed by atoms with Crippen LogP contribution in [-0.4, -0.2) is 19.0 Å². The number of hydrogen-bond donors (Lipinski definition) is 2. The van der Waals surface area contributed by atoms with Gasteiger partial charge in [-0.05, 0) is 80.8 Å². The van der Waals surface area contributed by atoms with E-state index in [2.05, 4.69) is 12.2 Å². The standard InChI is InChI=1S/C19H28N2O2/c1-13(17-3-2-4-23-17)20-11-18(22)21-12-19-8-14-5-15(9-19)7-16(6-14)10-19/h2-4,13-16,20H,5-12H2,1H3,(H,21,22)/p+1/t13-,14?,15?,16?,19?/m1/s1. The number of quaternary nitrogens is 1. The Morgan fingerprint density at radius 3 is 2.52 bits per heavy atom. The summed E-state index contributed by atoms with van der Waals surface area (Å²) in [5, 5.41) is 5.29. The number of amides is 1. The number of nitrogens with two attached hydrogens (primary N) is 1. The summed E-state index contributed by atoms with van der Waals surface area (Å²) in [7, 11) is 0. The van der Waals surface area contributed by atoms with Crippen molar-refractivity contribution in [2.75, 3.05) is 13.1 Å². The third-order valence-corrected chi connectivity index (χ3v) is 6.47. The third kappa shape index (κ3) is 3.18. The predicted octanol–water partition coefficient (Wildman–Crippen LogP) is 2.24. The first-order valence-corrected chi connectivity index (χ1v) is 9.25. The molecule has 1 aromatic heterocycles. The number of carbonyl (C=O) groups is 1. The summed E-state index contributed by atoms with van der Waals surface area (Å²) in [5.41, 5.74) is 0.428. The van der Waals surface area contributed by atoms with E-state index >= 15 is 0 Å². The van der Waals surface area contributed by atoms with Crippen molar-refractivity contribution in [2.45, 2.75) is 51.5 Å². The lowest BCUT2D eigenvalue weighted by molar-refractivity contribution is -0.684. The van der Waals surface area contributed by atoms with Gasteiger partial charge in [0.25, 0.3) is 5.91 Å². The lowest BCUT2D eigenvalue weighted by Crippen LogP contribution is -2.87. The molecule has 23 heavy (non-hydrogen) atoms. The van der Waals surface area contributed by atoms with Gasteiger partial charge in [0.1, 0.15) is 6.04 Å². The second kappa shape index (κ2) is 5.97. The lowest BCUT2D eigenvalue weighted by Gasteiger charge is -2.56. The smallest absolute Gasteiger partial charge is 0.275 e. The van der Waals surface area contributed by atoms with E-state index < -0.39 is 0 Å². The van der Waals surface area contributed by atoms with Crippen LogP contribution in [0.2, 0.25) is 0 Å². The molecule has 126 valence electrons. The summed E-state index contributed by atoms with van der Waals surface area (Å²) in [5.74, 6) is 3.94. The van der Waals surface area contributed by atoms with E-state index in [1.54, 1.807) is 6.26 Å². The molecule has 4 aliphatic rings. The van der Waals surface area contributed by atoms with Crippen molar-refractivity contribution in [2.24, 2.45) is 23.2 Å². The van der Waals surface area contributed by atoms with Gasteiger partial charge in [0.15, 0.2) is 12.3 Å². The molecule has 4 aliphatic carbocycles. The van der Waals surface area contributed by atoms with Gasteiger partial charge >= 0.3 is 0 Å². The molecule has 4 nitrogen and oxygen atoms in total. The van der Waals surface area contributed by atoms with Crippen molar-refractivity contribution in [1.29, 1.82) is 0 Å². The van der Waals surface area contributed by atoms with Crippen molar-refractivity contribution >= 4 is 5.91 Å². The first-order valence-electron chi connectivity index (χ1n) is 9.25. The molecule has 0 saturated heterocycles. The van der Waals surface area contributed by atoms with Crippen LogP contribution >= 0.6 is 0 Å². The van der Waals surface area contributed by atoms with Crippen LogP contribution in [0.3, 0.4) is 0 Å². The van der Waals surface area contributed by atoms with E-state index in [4.69, 9.17) is 4.42 Å². The second-order valence-corrected chi connectivity index (χ2v) is 8.44. The summed E-state index contributed by atoms with van der Waals surface area (Å²) in [6.45, 7) is 3.46. The van der Waals surface area contributed by atoms with Gasteiger partial charge in [-0.3, -0.25) is 4.79 Å². The van der Waals surface area contributed by atoms with Crippen LogP contribution in [0.1, 0.15) is 57.3 Å². The summed E-state index contributed by atoms with van der Waals surface area (Å²) in [4.78, 5) is 12.2. The van der Waals surface area contributed by atoms with Crippen LogP contribution in [0.15, 0.2) is 22.8 Å². The molecular formula is C19H29N2O2+. The molecule has 1 heterocycles. The summed E-state index contributed by atoms with van der Waals surface area (Å²) in [6.07, 6.45) is 10.1. The average Bonchev–Trinajstić information content (AvgIpc) is 3.04. The van der Waals surface area contributed by atoms with Crippen molar-refractivity contribution in [1.82, 2.24) is 5.32 Å². The molecule has 1 atom stereocenters. The van der Waals surface area contributed by atoms with E-state index in [0.29, 0.717) is 12.0 Å². The molecule has 0 aliphatic heterocycles. The topological polar surface area (TPSA) is 58.9 Å². The maximum absolute atomic E-state index is 12.2. The molecule has 1 aromatic rings. The fourth-order valence-corrected chi connectivity index (χ4v) is 5.82. The number of hydrogen-bond acceptors (Lipinski definition) is 2. The first kappa shape index (κ1) is 15.3. The van der Waals surface area contributed by atoms with Gasteiger partial charge in [-0.1, -0.05) is 0 Å². The van der Waals surface area contributed by atoms with Crippen molar-refractivity contribution < 1.29 is 14.5 Å². The number of nitrogens with one attached hydrogen (secondary N) is 1. The molecule has 0 aromatic carbocycles. The van der Waals surface area contributed by atoms with Gasteiger partial charge in [-0.2, -0.15) is 0 Å².